The monoisotopic (exact) mass is 275 g/mol. The van der Waals surface area contributed by atoms with Crippen molar-refractivity contribution in [3.8, 4) is 11.5 Å². The van der Waals surface area contributed by atoms with E-state index in [0.29, 0.717) is 0 Å². The number of benzene rings is 1. The maximum absolute atomic E-state index is 5.44. The minimum absolute atomic E-state index is 0.186. The average Bonchev–Trinajstić information content (AvgIpc) is 2.99. The van der Waals surface area contributed by atoms with E-state index in [-0.39, 0.29) is 6.04 Å². The van der Waals surface area contributed by atoms with E-state index in [1.807, 2.05) is 24.3 Å². The van der Waals surface area contributed by atoms with E-state index in [1.54, 1.807) is 20.5 Å². The Morgan fingerprint density at radius 3 is 2.55 bits per heavy atom. The smallest absolute Gasteiger partial charge is 0.161 e. The summed E-state index contributed by atoms with van der Waals surface area (Å²) in [6.07, 6.45) is 2.50. The fourth-order valence-corrected chi connectivity index (χ4v) is 2.25. The van der Waals surface area contributed by atoms with E-state index in [2.05, 4.69) is 18.3 Å². The second-order valence-corrected chi connectivity index (χ2v) is 4.51. The maximum atomic E-state index is 5.44. The molecule has 0 saturated heterocycles. The van der Waals surface area contributed by atoms with E-state index < -0.39 is 0 Å². The molecule has 1 heterocycles. The SMILES string of the molecule is CCNC(Cc1ccco1)c1ccc(OC)c(OC)c1. The van der Waals surface area contributed by atoms with Gasteiger partial charge in [0, 0.05) is 12.5 Å². The van der Waals surface area contributed by atoms with Crippen molar-refractivity contribution in [2.24, 2.45) is 0 Å². The van der Waals surface area contributed by atoms with Crippen LogP contribution in [0.2, 0.25) is 0 Å². The lowest BCUT2D eigenvalue weighted by Crippen LogP contribution is -2.22. The lowest BCUT2D eigenvalue weighted by Gasteiger charge is -2.19. The summed E-state index contributed by atoms with van der Waals surface area (Å²) in [6, 6.07) is 10.1. The van der Waals surface area contributed by atoms with Crippen LogP contribution in [0.5, 0.6) is 11.5 Å². The van der Waals surface area contributed by atoms with Gasteiger partial charge in [0.1, 0.15) is 5.76 Å². The minimum Gasteiger partial charge on any atom is -0.493 e. The number of hydrogen-bond donors (Lipinski definition) is 1. The average molecular weight is 275 g/mol. The number of methoxy groups -OCH3 is 2. The molecule has 0 fully saturated rings. The van der Waals surface area contributed by atoms with Gasteiger partial charge in [-0.2, -0.15) is 0 Å². The largest absolute Gasteiger partial charge is 0.493 e. The standard InChI is InChI=1S/C16H21NO3/c1-4-17-14(11-13-6-5-9-20-13)12-7-8-15(18-2)16(10-12)19-3/h5-10,14,17H,4,11H2,1-3H3. The van der Waals surface area contributed by atoms with E-state index in [9.17, 15) is 0 Å². The molecule has 108 valence electrons. The third kappa shape index (κ3) is 3.33. The molecule has 1 unspecified atom stereocenters. The molecular weight excluding hydrogens is 254 g/mol. The van der Waals surface area contributed by atoms with Gasteiger partial charge in [-0.05, 0) is 36.4 Å². The molecule has 4 heteroatoms. The summed E-state index contributed by atoms with van der Waals surface area (Å²) in [6.45, 7) is 2.98. The Bertz CT molecular complexity index is 523. The van der Waals surface area contributed by atoms with Gasteiger partial charge in [-0.15, -0.1) is 0 Å². The highest BCUT2D eigenvalue weighted by molar-refractivity contribution is 5.44. The van der Waals surface area contributed by atoms with E-state index in [1.165, 1.54) is 0 Å². The lowest BCUT2D eigenvalue weighted by atomic mass is 10.0. The van der Waals surface area contributed by atoms with Gasteiger partial charge >= 0.3 is 0 Å². The van der Waals surface area contributed by atoms with Crippen molar-refractivity contribution in [3.05, 3.63) is 47.9 Å². The predicted molar refractivity (Wildman–Crippen MR) is 78.4 cm³/mol. The predicted octanol–water partition coefficient (Wildman–Crippen LogP) is 3.19. The Kier molecular flexibility index (Phi) is 5.07. The molecule has 0 aliphatic carbocycles. The molecule has 1 N–H and O–H groups in total. The Balaban J connectivity index is 2.24. The van der Waals surface area contributed by atoms with Gasteiger partial charge in [0.25, 0.3) is 0 Å². The van der Waals surface area contributed by atoms with Gasteiger partial charge in [-0.1, -0.05) is 13.0 Å². The van der Waals surface area contributed by atoms with Crippen molar-refractivity contribution in [1.82, 2.24) is 5.32 Å². The molecule has 2 aromatic rings. The first-order chi connectivity index (χ1) is 9.78. The van der Waals surface area contributed by atoms with Gasteiger partial charge in [-0.25, -0.2) is 0 Å². The second kappa shape index (κ2) is 7.01. The number of furan rings is 1. The summed E-state index contributed by atoms with van der Waals surface area (Å²) >= 11 is 0. The molecule has 0 spiro atoms. The molecule has 0 saturated carbocycles. The quantitative estimate of drug-likeness (QED) is 0.842. The van der Waals surface area contributed by atoms with Crippen LogP contribution < -0.4 is 14.8 Å². The summed E-state index contributed by atoms with van der Waals surface area (Å²) in [5.74, 6) is 2.45. The third-order valence-corrected chi connectivity index (χ3v) is 3.25. The fourth-order valence-electron chi connectivity index (χ4n) is 2.25. The van der Waals surface area contributed by atoms with Gasteiger partial charge < -0.3 is 19.2 Å². The summed E-state index contributed by atoms with van der Waals surface area (Å²) in [5, 5.41) is 3.47. The maximum Gasteiger partial charge on any atom is 0.161 e. The van der Waals surface area contributed by atoms with E-state index in [0.717, 1.165) is 35.8 Å². The normalized spacial score (nSPS) is 12.2. The number of hydrogen-bond acceptors (Lipinski definition) is 4. The number of ether oxygens (including phenoxy) is 2. The van der Waals surface area contributed by atoms with Crippen LogP contribution >= 0.6 is 0 Å². The minimum atomic E-state index is 0.186. The van der Waals surface area contributed by atoms with Gasteiger partial charge in [0.15, 0.2) is 11.5 Å². The number of likely N-dealkylation sites (N-methyl/N-ethyl adjacent to an activating group) is 1. The zero-order chi connectivity index (χ0) is 14.4. The van der Waals surface area contributed by atoms with Crippen molar-refractivity contribution < 1.29 is 13.9 Å². The highest BCUT2D eigenvalue weighted by atomic mass is 16.5. The first kappa shape index (κ1) is 14.5. The molecule has 0 amide bonds. The molecule has 0 bridgehead atoms. The van der Waals surface area contributed by atoms with Crippen molar-refractivity contribution in [2.75, 3.05) is 20.8 Å². The van der Waals surface area contributed by atoms with Crippen LogP contribution in [-0.2, 0) is 6.42 Å². The summed E-state index contributed by atoms with van der Waals surface area (Å²) in [5.41, 5.74) is 1.15. The van der Waals surface area contributed by atoms with Crippen molar-refractivity contribution in [2.45, 2.75) is 19.4 Å². The van der Waals surface area contributed by atoms with Gasteiger partial charge in [0.2, 0.25) is 0 Å². The van der Waals surface area contributed by atoms with Crippen molar-refractivity contribution >= 4 is 0 Å². The summed E-state index contributed by atoms with van der Waals surface area (Å²) in [7, 11) is 3.29. The van der Waals surface area contributed by atoms with Crippen molar-refractivity contribution in [3.63, 3.8) is 0 Å². The third-order valence-electron chi connectivity index (χ3n) is 3.25. The van der Waals surface area contributed by atoms with Crippen LogP contribution in [0.3, 0.4) is 0 Å². The zero-order valence-corrected chi connectivity index (χ0v) is 12.2. The molecule has 1 aromatic heterocycles. The molecule has 0 radical (unpaired) electrons. The van der Waals surface area contributed by atoms with E-state index in [4.69, 9.17) is 13.9 Å². The van der Waals surface area contributed by atoms with Crippen LogP contribution in [0.25, 0.3) is 0 Å². The molecule has 0 aliphatic heterocycles. The topological polar surface area (TPSA) is 43.6 Å². The first-order valence-corrected chi connectivity index (χ1v) is 6.76. The molecule has 4 nitrogen and oxygen atoms in total. The summed E-state index contributed by atoms with van der Waals surface area (Å²) in [4.78, 5) is 0. The fraction of sp³-hybridized carbons (Fsp3) is 0.375. The van der Waals surface area contributed by atoms with Crippen LogP contribution in [-0.4, -0.2) is 20.8 Å². The Morgan fingerprint density at radius 1 is 1.15 bits per heavy atom. The first-order valence-electron chi connectivity index (χ1n) is 6.76. The molecule has 2 rings (SSSR count). The molecule has 1 aromatic carbocycles. The highest BCUT2D eigenvalue weighted by Crippen LogP contribution is 2.31. The zero-order valence-electron chi connectivity index (χ0n) is 12.2. The van der Waals surface area contributed by atoms with Crippen LogP contribution in [0.4, 0.5) is 0 Å². The number of rotatable bonds is 7. The Labute approximate surface area is 119 Å². The van der Waals surface area contributed by atoms with Crippen molar-refractivity contribution in [1.29, 1.82) is 0 Å². The summed E-state index contributed by atoms with van der Waals surface area (Å²) < 4.78 is 16.1. The highest BCUT2D eigenvalue weighted by Gasteiger charge is 2.15. The van der Waals surface area contributed by atoms with E-state index >= 15 is 0 Å². The lowest BCUT2D eigenvalue weighted by molar-refractivity contribution is 0.353. The van der Waals surface area contributed by atoms with Crippen LogP contribution in [0.1, 0.15) is 24.3 Å². The Hall–Kier alpha value is -1.94. The van der Waals surface area contributed by atoms with Gasteiger partial charge in [0.05, 0.1) is 20.5 Å². The van der Waals surface area contributed by atoms with Gasteiger partial charge in [-0.3, -0.25) is 0 Å². The molecule has 20 heavy (non-hydrogen) atoms. The molecule has 0 aliphatic rings. The number of nitrogens with one attached hydrogen (secondary N) is 1. The van der Waals surface area contributed by atoms with Crippen LogP contribution in [0.15, 0.2) is 41.0 Å². The molecular formula is C16H21NO3. The van der Waals surface area contributed by atoms with Crippen LogP contribution in [0, 0.1) is 0 Å². The molecule has 1 atom stereocenters. The Morgan fingerprint density at radius 2 is 1.95 bits per heavy atom. The second-order valence-electron chi connectivity index (χ2n) is 4.51.